The number of nitrogens with one attached hydrogen (secondary N) is 2. The first kappa shape index (κ1) is 33.6. The van der Waals surface area contributed by atoms with Gasteiger partial charge in [0.1, 0.15) is 24.4 Å². The Balaban J connectivity index is 1.07. The number of hydrogen-bond acceptors (Lipinski definition) is 9. The third-order valence-electron chi connectivity index (χ3n) is 9.20. The number of fused-ring (bicyclic) bond motifs is 3. The zero-order valence-corrected chi connectivity index (χ0v) is 29.2. The summed E-state index contributed by atoms with van der Waals surface area (Å²) in [6, 6.07) is 18.3. The van der Waals surface area contributed by atoms with Crippen LogP contribution in [-0.4, -0.2) is 68.2 Å². The second-order valence-electron chi connectivity index (χ2n) is 13.9. The van der Waals surface area contributed by atoms with Crippen LogP contribution >= 0.6 is 0 Å². The molecule has 12 nitrogen and oxygen atoms in total. The second kappa shape index (κ2) is 13.5. The highest BCUT2D eigenvalue weighted by Gasteiger charge is 2.27. The molecule has 13 heteroatoms. The number of amides is 2. The summed E-state index contributed by atoms with van der Waals surface area (Å²) in [5.41, 5.74) is 5.18. The minimum absolute atomic E-state index is 0.145. The van der Waals surface area contributed by atoms with Crippen LogP contribution in [0.1, 0.15) is 66.9 Å². The summed E-state index contributed by atoms with van der Waals surface area (Å²) >= 11 is 0. The van der Waals surface area contributed by atoms with E-state index in [0.29, 0.717) is 59.9 Å². The molecule has 1 aliphatic rings. The smallest absolute Gasteiger partial charge is 0.410 e. The van der Waals surface area contributed by atoms with Crippen molar-refractivity contribution in [1.82, 2.24) is 35.3 Å². The van der Waals surface area contributed by atoms with Crippen LogP contribution < -0.4 is 10.2 Å². The second-order valence-corrected chi connectivity index (χ2v) is 13.9. The first-order valence-corrected chi connectivity index (χ1v) is 16.9. The van der Waals surface area contributed by atoms with Crippen LogP contribution in [0.3, 0.4) is 0 Å². The summed E-state index contributed by atoms with van der Waals surface area (Å²) in [5.74, 6) is -0.730. The van der Waals surface area contributed by atoms with Crippen molar-refractivity contribution in [2.24, 2.45) is 0 Å². The molecule has 0 saturated carbocycles. The van der Waals surface area contributed by atoms with E-state index >= 15 is 4.39 Å². The lowest BCUT2D eigenvalue weighted by atomic mass is 9.96. The van der Waals surface area contributed by atoms with Gasteiger partial charge in [-0.05, 0) is 54.8 Å². The van der Waals surface area contributed by atoms with Crippen molar-refractivity contribution in [3.05, 3.63) is 101 Å². The standard InChI is InChI=1S/C38H39FN8O4/c1-22-17-28(29(39)19-27(22)23(2)42-34(48)35-44-36(45-51-35)38(3,4)5)32-31-26-12-11-25(18-30(26)43-33(31)41-21-40-32)46-13-15-47(16-14-46)37(49)50-20-24-9-7-6-8-10-24/h6-12,17-19,21,23H,13-16,20H2,1-5H3,(H,42,48)(H,40,41,43)/t23-/m1/s1. The number of benzene rings is 3. The van der Waals surface area contributed by atoms with Crippen LogP contribution in [0, 0.1) is 12.7 Å². The van der Waals surface area contributed by atoms with Crippen LogP contribution in [0.25, 0.3) is 33.2 Å². The molecule has 0 aliphatic carbocycles. The summed E-state index contributed by atoms with van der Waals surface area (Å²) in [4.78, 5) is 46.1. The van der Waals surface area contributed by atoms with E-state index in [1.54, 1.807) is 17.9 Å². The predicted molar refractivity (Wildman–Crippen MR) is 191 cm³/mol. The number of aromatic amines is 1. The van der Waals surface area contributed by atoms with E-state index in [-0.39, 0.29) is 24.0 Å². The highest BCUT2D eigenvalue weighted by Crippen LogP contribution is 2.36. The number of H-pyrrole nitrogens is 1. The maximum atomic E-state index is 16.0. The molecule has 3 aromatic carbocycles. The number of hydrogen-bond donors (Lipinski definition) is 2. The van der Waals surface area contributed by atoms with Gasteiger partial charge in [0.05, 0.1) is 17.1 Å². The number of ether oxygens (including phenoxy) is 1. The van der Waals surface area contributed by atoms with Crippen LogP contribution in [0.5, 0.6) is 0 Å². The van der Waals surface area contributed by atoms with Crippen molar-refractivity contribution in [2.45, 2.75) is 52.7 Å². The van der Waals surface area contributed by atoms with E-state index in [2.05, 4.69) is 35.3 Å². The summed E-state index contributed by atoms with van der Waals surface area (Å²) in [5, 5.41) is 8.34. The van der Waals surface area contributed by atoms with Crippen molar-refractivity contribution in [1.29, 1.82) is 0 Å². The van der Waals surface area contributed by atoms with E-state index in [4.69, 9.17) is 9.26 Å². The van der Waals surface area contributed by atoms with Crippen LogP contribution in [-0.2, 0) is 16.8 Å². The maximum Gasteiger partial charge on any atom is 0.410 e. The Kier molecular flexibility index (Phi) is 8.88. The lowest BCUT2D eigenvalue weighted by Crippen LogP contribution is -2.48. The van der Waals surface area contributed by atoms with Gasteiger partial charge < -0.3 is 29.4 Å². The summed E-state index contributed by atoms with van der Waals surface area (Å²) in [6.07, 6.45) is 1.11. The third-order valence-corrected chi connectivity index (χ3v) is 9.20. The van der Waals surface area contributed by atoms with Gasteiger partial charge in [-0.1, -0.05) is 62.3 Å². The molecule has 0 spiro atoms. The first-order valence-electron chi connectivity index (χ1n) is 16.9. The number of rotatable bonds is 7. The van der Waals surface area contributed by atoms with Gasteiger partial charge >= 0.3 is 17.9 Å². The fourth-order valence-electron chi connectivity index (χ4n) is 6.38. The molecular formula is C38H39FN8O4. The molecule has 51 heavy (non-hydrogen) atoms. The molecule has 1 atom stereocenters. The molecule has 1 fully saturated rings. The molecule has 7 rings (SSSR count). The minimum atomic E-state index is -0.537. The summed E-state index contributed by atoms with van der Waals surface area (Å²) in [6.45, 7) is 12.1. The van der Waals surface area contributed by atoms with E-state index in [0.717, 1.165) is 27.7 Å². The fraction of sp³-hybridized carbons (Fsp3) is 0.316. The third kappa shape index (κ3) is 6.83. The highest BCUT2D eigenvalue weighted by atomic mass is 19.1. The largest absolute Gasteiger partial charge is 0.445 e. The summed E-state index contributed by atoms with van der Waals surface area (Å²) < 4.78 is 26.7. The van der Waals surface area contributed by atoms with Gasteiger partial charge in [-0.2, -0.15) is 4.98 Å². The predicted octanol–water partition coefficient (Wildman–Crippen LogP) is 6.86. The lowest BCUT2D eigenvalue weighted by molar-refractivity contribution is 0.0894. The van der Waals surface area contributed by atoms with Gasteiger partial charge in [-0.25, -0.2) is 19.2 Å². The van der Waals surface area contributed by atoms with Crippen molar-refractivity contribution < 1.29 is 23.2 Å². The van der Waals surface area contributed by atoms with Gasteiger partial charge in [0.25, 0.3) is 0 Å². The molecule has 2 N–H and O–H groups in total. The SMILES string of the molecule is Cc1cc(-c2ncnc3[nH]c4cc(N5CCN(C(=O)OCc6ccccc6)CC5)ccc4c23)c(F)cc1[C@@H](C)NC(=O)c1nc(C(C)(C)C)no1. The molecule has 0 unspecified atom stereocenters. The molecule has 0 bridgehead atoms. The zero-order valence-electron chi connectivity index (χ0n) is 29.2. The van der Waals surface area contributed by atoms with Crippen molar-refractivity contribution in [3.8, 4) is 11.3 Å². The maximum absolute atomic E-state index is 16.0. The number of halogens is 1. The fourth-order valence-corrected chi connectivity index (χ4v) is 6.38. The van der Waals surface area contributed by atoms with Crippen molar-refractivity contribution in [3.63, 3.8) is 0 Å². The number of carbonyl (C=O) groups excluding carboxylic acids is 2. The van der Waals surface area contributed by atoms with Gasteiger partial charge in [0, 0.05) is 53.7 Å². The normalized spacial score (nSPS) is 14.2. The molecule has 4 heterocycles. The van der Waals surface area contributed by atoms with E-state index in [9.17, 15) is 9.59 Å². The molecule has 1 saturated heterocycles. The Morgan fingerprint density at radius 2 is 1.80 bits per heavy atom. The lowest BCUT2D eigenvalue weighted by Gasteiger charge is -2.35. The van der Waals surface area contributed by atoms with Gasteiger partial charge in [-0.15, -0.1) is 0 Å². The number of aryl methyl sites for hydroxylation is 1. The minimum Gasteiger partial charge on any atom is -0.445 e. The number of anilines is 1. The molecule has 262 valence electrons. The zero-order chi connectivity index (χ0) is 35.9. The van der Waals surface area contributed by atoms with Gasteiger partial charge in [0.15, 0.2) is 5.82 Å². The molecule has 0 radical (unpaired) electrons. The highest BCUT2D eigenvalue weighted by molar-refractivity contribution is 6.12. The Bertz CT molecular complexity index is 2240. The molecule has 6 aromatic rings. The quantitative estimate of drug-likeness (QED) is 0.184. The van der Waals surface area contributed by atoms with Gasteiger partial charge in [-0.3, -0.25) is 4.79 Å². The number of carbonyl (C=O) groups is 2. The molecule has 3 aromatic heterocycles. The Morgan fingerprint density at radius 3 is 2.53 bits per heavy atom. The molecular weight excluding hydrogens is 651 g/mol. The van der Waals surface area contributed by atoms with E-state index < -0.39 is 17.8 Å². The van der Waals surface area contributed by atoms with Gasteiger partial charge in [0.2, 0.25) is 0 Å². The van der Waals surface area contributed by atoms with Crippen LogP contribution in [0.15, 0.2) is 71.5 Å². The van der Waals surface area contributed by atoms with Crippen molar-refractivity contribution >= 4 is 39.6 Å². The van der Waals surface area contributed by atoms with Crippen LogP contribution in [0.2, 0.25) is 0 Å². The van der Waals surface area contributed by atoms with Crippen molar-refractivity contribution in [2.75, 3.05) is 31.1 Å². The average molecular weight is 691 g/mol. The van der Waals surface area contributed by atoms with E-state index in [1.807, 2.05) is 76.2 Å². The average Bonchev–Trinajstić information content (AvgIpc) is 3.78. The Labute approximate surface area is 294 Å². The topological polar surface area (TPSA) is 142 Å². The monoisotopic (exact) mass is 690 g/mol. The number of nitrogens with zero attached hydrogens (tertiary/aromatic N) is 6. The summed E-state index contributed by atoms with van der Waals surface area (Å²) in [7, 11) is 0. The number of piperazine rings is 1. The Morgan fingerprint density at radius 1 is 1.04 bits per heavy atom. The number of aromatic nitrogens is 5. The van der Waals surface area contributed by atoms with Crippen LogP contribution in [0.4, 0.5) is 14.9 Å². The first-order chi connectivity index (χ1) is 24.5. The molecule has 2 amide bonds. The van der Waals surface area contributed by atoms with E-state index in [1.165, 1.54) is 12.4 Å². The molecule has 1 aliphatic heterocycles. The Hall–Kier alpha value is -5.85.